The highest BCUT2D eigenvalue weighted by molar-refractivity contribution is 7.13. The van der Waals surface area contributed by atoms with Gasteiger partial charge in [0.2, 0.25) is 5.91 Å². The molecule has 1 saturated carbocycles. The molecule has 26 heavy (non-hydrogen) atoms. The fourth-order valence-electron chi connectivity index (χ4n) is 3.35. The van der Waals surface area contributed by atoms with Gasteiger partial charge in [0.05, 0.1) is 24.4 Å². The van der Waals surface area contributed by atoms with Crippen molar-refractivity contribution < 1.29 is 9.18 Å². The zero-order valence-electron chi connectivity index (χ0n) is 14.2. The van der Waals surface area contributed by atoms with Gasteiger partial charge in [-0.2, -0.15) is 5.10 Å². The Labute approximate surface area is 154 Å². The second-order valence-electron chi connectivity index (χ2n) is 6.48. The molecule has 1 fully saturated rings. The van der Waals surface area contributed by atoms with Crippen LogP contribution in [0.25, 0.3) is 10.6 Å². The van der Waals surface area contributed by atoms with E-state index in [1.54, 1.807) is 12.3 Å². The number of aromatic nitrogens is 3. The van der Waals surface area contributed by atoms with E-state index in [1.165, 1.54) is 36.3 Å². The summed E-state index contributed by atoms with van der Waals surface area (Å²) < 4.78 is 15.3. The van der Waals surface area contributed by atoms with Crippen molar-refractivity contribution >= 4 is 23.1 Å². The molecular formula is C19H19FN4OS. The van der Waals surface area contributed by atoms with Crippen LogP contribution in [0, 0.1) is 5.82 Å². The average Bonchev–Trinajstić information content (AvgIpc) is 3.36. The second-order valence-corrected chi connectivity index (χ2v) is 7.34. The number of thiazole rings is 1. The molecule has 7 heteroatoms. The molecule has 1 aliphatic rings. The Bertz CT molecular complexity index is 914. The van der Waals surface area contributed by atoms with Gasteiger partial charge >= 0.3 is 0 Å². The van der Waals surface area contributed by atoms with Crippen molar-refractivity contribution in [3.8, 4) is 10.6 Å². The predicted molar refractivity (Wildman–Crippen MR) is 99.6 cm³/mol. The molecule has 0 radical (unpaired) electrons. The van der Waals surface area contributed by atoms with E-state index < -0.39 is 0 Å². The summed E-state index contributed by atoms with van der Waals surface area (Å²) in [5.74, 6) is 0.320. The topological polar surface area (TPSA) is 59.8 Å². The van der Waals surface area contributed by atoms with Gasteiger partial charge in [-0.3, -0.25) is 4.79 Å². The van der Waals surface area contributed by atoms with Crippen molar-refractivity contribution in [1.29, 1.82) is 0 Å². The number of carbonyl (C=O) groups is 1. The van der Waals surface area contributed by atoms with Crippen LogP contribution in [-0.4, -0.2) is 20.7 Å². The van der Waals surface area contributed by atoms with E-state index in [0.717, 1.165) is 24.2 Å². The molecular weight excluding hydrogens is 351 g/mol. The number of benzene rings is 1. The third-order valence-electron chi connectivity index (χ3n) is 4.57. The summed E-state index contributed by atoms with van der Waals surface area (Å²) in [7, 11) is 0. The summed E-state index contributed by atoms with van der Waals surface area (Å²) in [4.78, 5) is 16.9. The Kier molecular flexibility index (Phi) is 4.79. The molecule has 1 N–H and O–H groups in total. The highest BCUT2D eigenvalue weighted by Crippen LogP contribution is 2.31. The van der Waals surface area contributed by atoms with Crippen molar-refractivity contribution in [3.63, 3.8) is 0 Å². The van der Waals surface area contributed by atoms with Crippen LogP contribution in [0.5, 0.6) is 0 Å². The van der Waals surface area contributed by atoms with Gasteiger partial charge < -0.3 is 5.32 Å². The van der Waals surface area contributed by atoms with Crippen molar-refractivity contribution in [2.45, 2.75) is 38.1 Å². The highest BCUT2D eigenvalue weighted by Gasteiger charge is 2.20. The Balaban J connectivity index is 1.42. The zero-order valence-corrected chi connectivity index (χ0v) is 15.0. The number of carbonyl (C=O) groups excluding carboxylic acids is 1. The minimum absolute atomic E-state index is 0.124. The van der Waals surface area contributed by atoms with Gasteiger partial charge in [-0.15, -0.1) is 11.3 Å². The molecule has 0 saturated heterocycles. The van der Waals surface area contributed by atoms with Crippen LogP contribution >= 0.6 is 11.3 Å². The number of amides is 1. The second kappa shape index (κ2) is 7.37. The molecule has 1 aliphatic carbocycles. The van der Waals surface area contributed by atoms with E-state index in [1.807, 2.05) is 22.2 Å². The fraction of sp³-hybridized carbons (Fsp3) is 0.316. The first kappa shape index (κ1) is 16.9. The maximum absolute atomic E-state index is 13.4. The van der Waals surface area contributed by atoms with Crippen LogP contribution in [0.3, 0.4) is 0 Å². The Morgan fingerprint density at radius 3 is 2.96 bits per heavy atom. The summed E-state index contributed by atoms with van der Waals surface area (Å²) in [6, 6.07) is 8.52. The van der Waals surface area contributed by atoms with E-state index in [9.17, 15) is 9.18 Å². The highest BCUT2D eigenvalue weighted by atomic mass is 32.1. The fourth-order valence-corrected chi connectivity index (χ4v) is 4.16. The first-order chi connectivity index (χ1) is 12.7. The number of halogens is 1. The molecule has 0 aliphatic heterocycles. The molecule has 0 spiro atoms. The Hall–Kier alpha value is -2.54. The number of hydrogen-bond acceptors (Lipinski definition) is 4. The molecule has 0 atom stereocenters. The number of hydrogen-bond donors (Lipinski definition) is 1. The maximum Gasteiger partial charge on any atom is 0.231 e. The summed E-state index contributed by atoms with van der Waals surface area (Å²) in [6.07, 6.45) is 6.53. The normalized spacial score (nSPS) is 14.7. The largest absolute Gasteiger partial charge is 0.311 e. The monoisotopic (exact) mass is 370 g/mol. The first-order valence-corrected chi connectivity index (χ1v) is 9.61. The van der Waals surface area contributed by atoms with Crippen LogP contribution in [0.15, 0.2) is 41.9 Å². The third-order valence-corrected chi connectivity index (χ3v) is 5.51. The quantitative estimate of drug-likeness (QED) is 0.722. The van der Waals surface area contributed by atoms with Gasteiger partial charge in [-0.05, 0) is 25.0 Å². The number of nitrogens with one attached hydrogen (secondary N) is 1. The molecule has 1 amide bonds. The summed E-state index contributed by atoms with van der Waals surface area (Å²) in [6.45, 7) is 0. The van der Waals surface area contributed by atoms with E-state index >= 15 is 0 Å². The van der Waals surface area contributed by atoms with Crippen molar-refractivity contribution in [2.75, 3.05) is 5.32 Å². The third kappa shape index (κ3) is 3.67. The molecule has 5 nitrogen and oxygen atoms in total. The van der Waals surface area contributed by atoms with Crippen LogP contribution in [0.1, 0.15) is 37.4 Å². The minimum Gasteiger partial charge on any atom is -0.311 e. The van der Waals surface area contributed by atoms with Gasteiger partial charge in [0.25, 0.3) is 0 Å². The molecule has 3 aromatic rings. The van der Waals surface area contributed by atoms with Crippen molar-refractivity contribution in [3.05, 3.63) is 53.4 Å². The van der Waals surface area contributed by atoms with Gasteiger partial charge in [0, 0.05) is 17.0 Å². The summed E-state index contributed by atoms with van der Waals surface area (Å²) in [5.41, 5.74) is 1.40. The van der Waals surface area contributed by atoms with Crippen LogP contribution in [0.4, 0.5) is 10.2 Å². The molecule has 4 rings (SSSR count). The SMILES string of the molecule is O=C(Cc1csc(-c2cccc(F)c2)n1)Nc1ccnn1C1CCCC1. The number of anilines is 1. The maximum atomic E-state index is 13.4. The minimum atomic E-state index is -0.294. The molecule has 134 valence electrons. The first-order valence-electron chi connectivity index (χ1n) is 8.73. The molecule has 2 aromatic heterocycles. The van der Waals surface area contributed by atoms with Crippen LogP contribution < -0.4 is 5.32 Å². The lowest BCUT2D eigenvalue weighted by molar-refractivity contribution is -0.115. The van der Waals surface area contributed by atoms with Crippen molar-refractivity contribution in [2.24, 2.45) is 0 Å². The Morgan fingerprint density at radius 2 is 2.15 bits per heavy atom. The smallest absolute Gasteiger partial charge is 0.231 e. The van der Waals surface area contributed by atoms with Crippen molar-refractivity contribution in [1.82, 2.24) is 14.8 Å². The van der Waals surface area contributed by atoms with Crippen LogP contribution in [-0.2, 0) is 11.2 Å². The van der Waals surface area contributed by atoms with E-state index in [-0.39, 0.29) is 18.1 Å². The van der Waals surface area contributed by atoms with Gasteiger partial charge in [-0.25, -0.2) is 14.1 Å². The summed E-state index contributed by atoms with van der Waals surface area (Å²) >= 11 is 1.41. The predicted octanol–water partition coefficient (Wildman–Crippen LogP) is 4.44. The zero-order chi connectivity index (χ0) is 17.9. The van der Waals surface area contributed by atoms with Gasteiger partial charge in [0.1, 0.15) is 16.6 Å². The lowest BCUT2D eigenvalue weighted by Crippen LogP contribution is -2.19. The van der Waals surface area contributed by atoms with E-state index in [2.05, 4.69) is 15.4 Å². The standard InChI is InChI=1S/C19H19FN4OS/c20-14-5-3-4-13(10-14)19-22-15(12-26-19)11-18(25)23-17-8-9-21-24(17)16-6-1-2-7-16/h3-5,8-10,12,16H,1-2,6-7,11H2,(H,23,25). The van der Waals surface area contributed by atoms with Crippen LogP contribution in [0.2, 0.25) is 0 Å². The van der Waals surface area contributed by atoms with Gasteiger partial charge in [0.15, 0.2) is 0 Å². The summed E-state index contributed by atoms with van der Waals surface area (Å²) in [5, 5.41) is 9.86. The molecule has 1 aromatic carbocycles. The Morgan fingerprint density at radius 1 is 1.31 bits per heavy atom. The van der Waals surface area contributed by atoms with E-state index in [0.29, 0.717) is 16.7 Å². The molecule has 0 unspecified atom stereocenters. The number of rotatable bonds is 5. The lowest BCUT2D eigenvalue weighted by atomic mass is 10.2. The molecule has 2 heterocycles. The number of nitrogens with zero attached hydrogens (tertiary/aromatic N) is 3. The molecule has 0 bridgehead atoms. The van der Waals surface area contributed by atoms with E-state index in [4.69, 9.17) is 0 Å². The average molecular weight is 370 g/mol. The van der Waals surface area contributed by atoms with Gasteiger partial charge in [-0.1, -0.05) is 25.0 Å². The lowest BCUT2D eigenvalue weighted by Gasteiger charge is -2.14.